The van der Waals surface area contributed by atoms with Gasteiger partial charge in [0.25, 0.3) is 0 Å². The molecule has 0 bridgehead atoms. The van der Waals surface area contributed by atoms with Crippen molar-refractivity contribution in [3.05, 3.63) is 34.9 Å². The van der Waals surface area contributed by atoms with Crippen molar-refractivity contribution in [2.24, 2.45) is 17.3 Å². The highest BCUT2D eigenvalue weighted by Gasteiger charge is 2.58. The molecule has 2 heteroatoms. The van der Waals surface area contributed by atoms with Crippen LogP contribution in [-0.4, -0.2) is 17.8 Å². The van der Waals surface area contributed by atoms with Gasteiger partial charge in [0, 0.05) is 5.41 Å². The number of ether oxygens (including phenoxy) is 1. The molecule has 0 aromatic heterocycles. The van der Waals surface area contributed by atoms with Gasteiger partial charge < -0.3 is 9.84 Å². The van der Waals surface area contributed by atoms with Crippen LogP contribution in [0.25, 0.3) is 5.57 Å². The number of fused-ring (bicyclic) bond motifs is 4. The molecule has 1 fully saturated rings. The summed E-state index contributed by atoms with van der Waals surface area (Å²) in [5, 5.41) is 11.3. The Bertz CT molecular complexity index is 704. The fourth-order valence-electron chi connectivity index (χ4n) is 6.07. The molecule has 0 aliphatic heterocycles. The van der Waals surface area contributed by atoms with Crippen LogP contribution in [0.4, 0.5) is 0 Å². The Kier molecular flexibility index (Phi) is 3.62. The number of allylic oxidation sites excluding steroid dienone is 2. The van der Waals surface area contributed by atoms with Crippen LogP contribution in [-0.2, 0) is 6.42 Å². The summed E-state index contributed by atoms with van der Waals surface area (Å²) in [6, 6.07) is 6.59. The van der Waals surface area contributed by atoms with E-state index in [9.17, 15) is 5.11 Å². The molecule has 0 amide bonds. The van der Waals surface area contributed by atoms with Crippen LogP contribution in [0.1, 0.15) is 64.0 Å². The summed E-state index contributed by atoms with van der Waals surface area (Å²) < 4.78 is 5.43. The highest BCUT2D eigenvalue weighted by Crippen LogP contribution is 2.63. The quantitative estimate of drug-likeness (QED) is 0.829. The van der Waals surface area contributed by atoms with Crippen LogP contribution in [0.15, 0.2) is 23.8 Å². The van der Waals surface area contributed by atoms with Crippen molar-refractivity contribution >= 4 is 5.57 Å². The second-order valence-corrected chi connectivity index (χ2v) is 8.46. The van der Waals surface area contributed by atoms with Crippen molar-refractivity contribution < 1.29 is 9.84 Å². The Hall–Kier alpha value is -1.28. The first-order valence-corrected chi connectivity index (χ1v) is 9.56. The first kappa shape index (κ1) is 16.2. The van der Waals surface area contributed by atoms with Crippen LogP contribution in [0.2, 0.25) is 0 Å². The van der Waals surface area contributed by atoms with Gasteiger partial charge in [0.2, 0.25) is 0 Å². The van der Waals surface area contributed by atoms with Gasteiger partial charge in [-0.3, -0.25) is 0 Å². The van der Waals surface area contributed by atoms with Gasteiger partial charge in [-0.1, -0.05) is 32.4 Å². The lowest BCUT2D eigenvalue weighted by molar-refractivity contribution is -0.0736. The predicted molar refractivity (Wildman–Crippen MR) is 98.1 cm³/mol. The summed E-state index contributed by atoms with van der Waals surface area (Å²) in [5.74, 6) is 2.09. The van der Waals surface area contributed by atoms with E-state index in [4.69, 9.17) is 4.74 Å². The molecule has 0 spiro atoms. The summed E-state index contributed by atoms with van der Waals surface area (Å²) >= 11 is 0. The number of hydrogen-bond donors (Lipinski definition) is 1. The maximum Gasteiger partial charge on any atom is 0.119 e. The van der Waals surface area contributed by atoms with E-state index in [0.29, 0.717) is 11.8 Å². The topological polar surface area (TPSA) is 29.5 Å². The van der Waals surface area contributed by atoms with E-state index in [1.807, 2.05) is 0 Å². The molecule has 24 heavy (non-hydrogen) atoms. The van der Waals surface area contributed by atoms with Crippen LogP contribution < -0.4 is 4.74 Å². The largest absolute Gasteiger partial charge is 0.497 e. The third-order valence-corrected chi connectivity index (χ3v) is 7.58. The molecular formula is C22H30O2. The van der Waals surface area contributed by atoms with Gasteiger partial charge in [0.1, 0.15) is 5.75 Å². The Balaban J connectivity index is 1.83. The maximum absolute atomic E-state index is 11.3. The molecule has 1 aromatic carbocycles. The van der Waals surface area contributed by atoms with E-state index < -0.39 is 5.60 Å². The Morgan fingerprint density at radius 2 is 2.08 bits per heavy atom. The number of aliphatic hydroxyl groups is 1. The fourth-order valence-corrected chi connectivity index (χ4v) is 6.07. The summed E-state index contributed by atoms with van der Waals surface area (Å²) in [7, 11) is 1.74. The van der Waals surface area contributed by atoms with Crippen molar-refractivity contribution in [1.82, 2.24) is 0 Å². The molecular weight excluding hydrogens is 296 g/mol. The van der Waals surface area contributed by atoms with Crippen molar-refractivity contribution in [2.45, 2.75) is 64.9 Å². The lowest BCUT2D eigenvalue weighted by atomic mass is 9.57. The average molecular weight is 326 g/mol. The van der Waals surface area contributed by atoms with Gasteiger partial charge in [0.15, 0.2) is 0 Å². The lowest BCUT2D eigenvalue weighted by Crippen LogP contribution is -2.47. The van der Waals surface area contributed by atoms with Gasteiger partial charge >= 0.3 is 0 Å². The molecule has 3 aliphatic carbocycles. The zero-order chi connectivity index (χ0) is 17.1. The summed E-state index contributed by atoms with van der Waals surface area (Å²) in [5.41, 5.74) is 5.69. The molecule has 1 unspecified atom stereocenters. The molecule has 3 aliphatic rings. The van der Waals surface area contributed by atoms with Crippen molar-refractivity contribution in [1.29, 1.82) is 0 Å². The van der Waals surface area contributed by atoms with Crippen molar-refractivity contribution in [3.8, 4) is 5.75 Å². The Morgan fingerprint density at radius 3 is 2.79 bits per heavy atom. The standard InChI is InChI=1S/C22H30O2/c1-5-22(23)11-9-19-20-14(2)12-15-13-16(24-4)6-7-17(15)18(20)8-10-21(19,22)3/h6-7,13-14,19,23H,5,8-12H2,1-4H3/t14?,19-,21-,22-/m0/s1. The average Bonchev–Trinajstić information content (AvgIpc) is 2.86. The van der Waals surface area contributed by atoms with E-state index in [1.165, 1.54) is 11.1 Å². The normalized spacial score (nSPS) is 37.7. The van der Waals surface area contributed by atoms with Gasteiger partial charge in [-0.05, 0) is 79.2 Å². The van der Waals surface area contributed by atoms with Gasteiger partial charge in [-0.15, -0.1) is 0 Å². The summed E-state index contributed by atoms with van der Waals surface area (Å²) in [6.07, 6.45) is 6.31. The highest BCUT2D eigenvalue weighted by atomic mass is 16.5. The predicted octanol–water partition coefficient (Wildman–Crippen LogP) is 4.99. The van der Waals surface area contributed by atoms with Crippen molar-refractivity contribution in [3.63, 3.8) is 0 Å². The molecule has 1 N–H and O–H groups in total. The zero-order valence-electron chi connectivity index (χ0n) is 15.5. The SMILES string of the molecule is CC[C@]1(O)CC[C@H]2C3=C(CC[C@@]21C)c1ccc(OC)cc1CC3C. The molecule has 0 saturated heterocycles. The van der Waals surface area contributed by atoms with E-state index in [2.05, 4.69) is 39.0 Å². The van der Waals surface area contributed by atoms with E-state index in [1.54, 1.807) is 18.3 Å². The summed E-state index contributed by atoms with van der Waals surface area (Å²) in [4.78, 5) is 0. The van der Waals surface area contributed by atoms with Crippen molar-refractivity contribution in [2.75, 3.05) is 7.11 Å². The molecule has 130 valence electrons. The lowest BCUT2D eigenvalue weighted by Gasteiger charge is -2.49. The van der Waals surface area contributed by atoms with Crippen LogP contribution in [0.3, 0.4) is 0 Å². The summed E-state index contributed by atoms with van der Waals surface area (Å²) in [6.45, 7) is 6.89. The highest BCUT2D eigenvalue weighted by molar-refractivity contribution is 5.76. The van der Waals surface area contributed by atoms with E-state index in [-0.39, 0.29) is 5.41 Å². The van der Waals surface area contributed by atoms with E-state index >= 15 is 0 Å². The maximum atomic E-state index is 11.3. The van der Waals surface area contributed by atoms with E-state index in [0.717, 1.165) is 44.3 Å². The minimum atomic E-state index is -0.476. The van der Waals surface area contributed by atoms with Gasteiger partial charge in [-0.2, -0.15) is 0 Å². The molecule has 4 atom stereocenters. The minimum Gasteiger partial charge on any atom is -0.497 e. The van der Waals surface area contributed by atoms with Crippen LogP contribution in [0, 0.1) is 17.3 Å². The number of methoxy groups -OCH3 is 1. The molecule has 4 rings (SSSR count). The zero-order valence-corrected chi connectivity index (χ0v) is 15.5. The molecule has 0 radical (unpaired) electrons. The third kappa shape index (κ3) is 1.98. The first-order chi connectivity index (χ1) is 11.4. The van der Waals surface area contributed by atoms with Crippen LogP contribution >= 0.6 is 0 Å². The molecule has 2 nitrogen and oxygen atoms in total. The monoisotopic (exact) mass is 326 g/mol. The third-order valence-electron chi connectivity index (χ3n) is 7.58. The molecule has 1 aromatic rings. The smallest absolute Gasteiger partial charge is 0.119 e. The number of benzene rings is 1. The number of rotatable bonds is 2. The second-order valence-electron chi connectivity index (χ2n) is 8.46. The Labute approximate surface area is 145 Å². The second kappa shape index (κ2) is 5.36. The van der Waals surface area contributed by atoms with Crippen LogP contribution in [0.5, 0.6) is 5.75 Å². The number of hydrogen-bond acceptors (Lipinski definition) is 2. The molecule has 0 heterocycles. The molecule has 1 saturated carbocycles. The first-order valence-electron chi connectivity index (χ1n) is 9.56. The Morgan fingerprint density at radius 1 is 1.29 bits per heavy atom. The minimum absolute atomic E-state index is 0.0544. The van der Waals surface area contributed by atoms with Gasteiger partial charge in [0.05, 0.1) is 12.7 Å². The fraction of sp³-hybridized carbons (Fsp3) is 0.636. The van der Waals surface area contributed by atoms with Gasteiger partial charge in [-0.25, -0.2) is 0 Å².